The van der Waals surface area contributed by atoms with Crippen molar-refractivity contribution in [2.45, 2.75) is 32.2 Å². The Kier molecular flexibility index (Phi) is 6.52. The number of para-hydroxylation sites is 1. The third kappa shape index (κ3) is 5.12. The lowest BCUT2D eigenvalue weighted by atomic mass is 10.0. The Balaban J connectivity index is 1.35. The van der Waals surface area contributed by atoms with E-state index in [1.165, 1.54) is 0 Å². The van der Waals surface area contributed by atoms with Crippen LogP contribution in [0.3, 0.4) is 0 Å². The summed E-state index contributed by atoms with van der Waals surface area (Å²) in [6.07, 6.45) is 3.44. The largest absolute Gasteiger partial charge is 0.491 e. The van der Waals surface area contributed by atoms with Crippen LogP contribution in [0.4, 0.5) is 0 Å². The highest BCUT2D eigenvalue weighted by Gasteiger charge is 2.21. The molecule has 2 aliphatic rings. The highest BCUT2D eigenvalue weighted by atomic mass is 16.5. The van der Waals surface area contributed by atoms with Crippen LogP contribution in [-0.4, -0.2) is 54.5 Å². The van der Waals surface area contributed by atoms with Crippen molar-refractivity contribution in [1.29, 1.82) is 0 Å². The van der Waals surface area contributed by atoms with Gasteiger partial charge in [-0.1, -0.05) is 30.3 Å². The van der Waals surface area contributed by atoms with Crippen LogP contribution in [0.5, 0.6) is 11.5 Å². The second kappa shape index (κ2) is 9.65. The average Bonchev–Trinajstić information content (AvgIpc) is 3.23. The number of hydrogen-bond donors (Lipinski definition) is 0. The molecule has 4 rings (SSSR count). The summed E-state index contributed by atoms with van der Waals surface area (Å²) in [4.78, 5) is 28.7. The van der Waals surface area contributed by atoms with Crippen molar-refractivity contribution in [3.05, 3.63) is 59.7 Å². The molecule has 1 fully saturated rings. The molecule has 2 aromatic carbocycles. The maximum atomic E-state index is 12.7. The van der Waals surface area contributed by atoms with Crippen molar-refractivity contribution in [3.8, 4) is 11.5 Å². The zero-order chi connectivity index (χ0) is 20.8. The molecule has 6 nitrogen and oxygen atoms in total. The number of fused-ring (bicyclic) bond motifs is 1. The van der Waals surface area contributed by atoms with Crippen LogP contribution in [0.2, 0.25) is 0 Å². The molecule has 2 aliphatic heterocycles. The van der Waals surface area contributed by atoms with E-state index in [4.69, 9.17) is 9.47 Å². The maximum Gasteiger partial charge on any atom is 0.260 e. The molecule has 0 aromatic heterocycles. The minimum atomic E-state index is -0.0649. The van der Waals surface area contributed by atoms with Crippen molar-refractivity contribution in [3.63, 3.8) is 0 Å². The minimum Gasteiger partial charge on any atom is -0.491 e. The molecule has 0 spiro atoms. The van der Waals surface area contributed by atoms with Gasteiger partial charge in [0.05, 0.1) is 6.54 Å². The highest BCUT2D eigenvalue weighted by molar-refractivity contribution is 5.78. The van der Waals surface area contributed by atoms with Crippen LogP contribution in [0.1, 0.15) is 30.4 Å². The fourth-order valence-electron chi connectivity index (χ4n) is 3.95. The third-order valence-corrected chi connectivity index (χ3v) is 5.65. The Hall–Kier alpha value is -3.02. The number of nitrogens with zero attached hydrogens (tertiary/aromatic N) is 2. The first-order valence-corrected chi connectivity index (χ1v) is 10.7. The minimum absolute atomic E-state index is 0.00335. The van der Waals surface area contributed by atoms with Crippen LogP contribution in [0.25, 0.3) is 0 Å². The van der Waals surface area contributed by atoms with E-state index in [2.05, 4.69) is 6.07 Å². The lowest BCUT2D eigenvalue weighted by Crippen LogP contribution is -2.36. The smallest absolute Gasteiger partial charge is 0.260 e. The van der Waals surface area contributed by atoms with Crippen LogP contribution >= 0.6 is 0 Å². The number of hydrogen-bond acceptors (Lipinski definition) is 4. The van der Waals surface area contributed by atoms with Crippen LogP contribution < -0.4 is 9.47 Å². The molecule has 30 heavy (non-hydrogen) atoms. The number of ether oxygens (including phenoxy) is 2. The number of aryl methyl sites for hydroxylation is 1. The van der Waals surface area contributed by atoms with Gasteiger partial charge in [-0.15, -0.1) is 0 Å². The van der Waals surface area contributed by atoms with Gasteiger partial charge < -0.3 is 19.3 Å². The molecule has 6 heteroatoms. The first kappa shape index (κ1) is 20.3. The summed E-state index contributed by atoms with van der Waals surface area (Å²) in [5.74, 6) is 1.66. The van der Waals surface area contributed by atoms with Gasteiger partial charge in [0.2, 0.25) is 5.91 Å². The lowest BCUT2D eigenvalue weighted by molar-refractivity contribution is -0.134. The Morgan fingerprint density at radius 2 is 1.73 bits per heavy atom. The summed E-state index contributed by atoms with van der Waals surface area (Å²) in [6.45, 7) is 3.24. The number of likely N-dealkylation sites (tertiary alicyclic amines) is 1. The molecule has 2 heterocycles. The summed E-state index contributed by atoms with van der Waals surface area (Å²) in [5, 5.41) is 0. The quantitative estimate of drug-likeness (QED) is 0.737. The average molecular weight is 408 g/mol. The molecule has 0 unspecified atom stereocenters. The topological polar surface area (TPSA) is 59.1 Å². The number of benzene rings is 2. The molecule has 0 aliphatic carbocycles. The SMILES string of the molecule is O=C(CCc1ccc2c(c1)CN(C(=O)COc1ccccc1)CCO2)N1CCCC1. The van der Waals surface area contributed by atoms with Gasteiger partial charge in [-0.25, -0.2) is 0 Å². The third-order valence-electron chi connectivity index (χ3n) is 5.65. The van der Waals surface area contributed by atoms with Gasteiger partial charge >= 0.3 is 0 Å². The Bertz CT molecular complexity index is 878. The summed E-state index contributed by atoms with van der Waals surface area (Å²) >= 11 is 0. The van der Waals surface area contributed by atoms with E-state index in [0.29, 0.717) is 38.3 Å². The molecular formula is C24H28N2O4. The second-order valence-electron chi connectivity index (χ2n) is 7.80. The fourth-order valence-corrected chi connectivity index (χ4v) is 3.95. The van der Waals surface area contributed by atoms with Gasteiger partial charge in [-0.3, -0.25) is 9.59 Å². The van der Waals surface area contributed by atoms with Crippen molar-refractivity contribution in [2.24, 2.45) is 0 Å². The van der Waals surface area contributed by atoms with Gasteiger partial charge in [0.1, 0.15) is 18.1 Å². The Morgan fingerprint density at radius 1 is 0.933 bits per heavy atom. The van der Waals surface area contributed by atoms with Gasteiger partial charge in [0.15, 0.2) is 6.61 Å². The van der Waals surface area contributed by atoms with Crippen molar-refractivity contribution < 1.29 is 19.1 Å². The van der Waals surface area contributed by atoms with Gasteiger partial charge in [-0.2, -0.15) is 0 Å². The van der Waals surface area contributed by atoms with Gasteiger partial charge in [0, 0.05) is 31.6 Å². The Morgan fingerprint density at radius 3 is 2.53 bits per heavy atom. The van der Waals surface area contributed by atoms with Gasteiger partial charge in [-0.05, 0) is 43.0 Å². The molecule has 0 radical (unpaired) electrons. The molecular weight excluding hydrogens is 380 g/mol. The number of carbonyl (C=O) groups excluding carboxylic acids is 2. The molecule has 0 atom stereocenters. The second-order valence-corrected chi connectivity index (χ2v) is 7.80. The van der Waals surface area contributed by atoms with E-state index in [-0.39, 0.29) is 18.4 Å². The number of rotatable bonds is 6. The van der Waals surface area contributed by atoms with E-state index in [0.717, 1.165) is 42.8 Å². The van der Waals surface area contributed by atoms with E-state index in [1.807, 2.05) is 47.4 Å². The van der Waals surface area contributed by atoms with Crippen LogP contribution in [-0.2, 0) is 22.6 Å². The number of carbonyl (C=O) groups is 2. The monoisotopic (exact) mass is 408 g/mol. The zero-order valence-electron chi connectivity index (χ0n) is 17.2. The highest BCUT2D eigenvalue weighted by Crippen LogP contribution is 2.25. The van der Waals surface area contributed by atoms with Crippen molar-refractivity contribution in [1.82, 2.24) is 9.80 Å². The first-order chi connectivity index (χ1) is 14.7. The standard InChI is InChI=1S/C24H28N2O4/c27-23(25-12-4-5-13-25)11-9-19-8-10-22-20(16-19)17-26(14-15-29-22)24(28)18-30-21-6-2-1-3-7-21/h1-3,6-8,10,16H,4-5,9,11-15,17-18H2. The number of amides is 2. The summed E-state index contributed by atoms with van der Waals surface area (Å²) < 4.78 is 11.5. The predicted molar refractivity (Wildman–Crippen MR) is 113 cm³/mol. The molecule has 0 saturated carbocycles. The summed E-state index contributed by atoms with van der Waals surface area (Å²) in [6, 6.07) is 15.4. The zero-order valence-corrected chi connectivity index (χ0v) is 17.2. The summed E-state index contributed by atoms with van der Waals surface area (Å²) in [5.41, 5.74) is 2.08. The molecule has 0 bridgehead atoms. The van der Waals surface area contributed by atoms with Crippen LogP contribution in [0.15, 0.2) is 48.5 Å². The Labute approximate surface area is 177 Å². The lowest BCUT2D eigenvalue weighted by Gasteiger charge is -2.20. The first-order valence-electron chi connectivity index (χ1n) is 10.7. The molecule has 1 saturated heterocycles. The van der Waals surface area contributed by atoms with Crippen molar-refractivity contribution >= 4 is 11.8 Å². The van der Waals surface area contributed by atoms with Crippen molar-refractivity contribution in [2.75, 3.05) is 32.8 Å². The molecule has 0 N–H and O–H groups in total. The molecule has 158 valence electrons. The van der Waals surface area contributed by atoms with E-state index in [1.54, 1.807) is 4.90 Å². The summed E-state index contributed by atoms with van der Waals surface area (Å²) in [7, 11) is 0. The molecule has 2 amide bonds. The maximum absolute atomic E-state index is 12.7. The molecule has 2 aromatic rings. The normalized spacial score (nSPS) is 15.9. The predicted octanol–water partition coefficient (Wildman–Crippen LogP) is 3.04. The van der Waals surface area contributed by atoms with E-state index >= 15 is 0 Å². The van der Waals surface area contributed by atoms with E-state index in [9.17, 15) is 9.59 Å². The fraction of sp³-hybridized carbons (Fsp3) is 0.417. The van der Waals surface area contributed by atoms with Crippen LogP contribution in [0, 0.1) is 0 Å². The van der Waals surface area contributed by atoms with Gasteiger partial charge in [0.25, 0.3) is 5.91 Å². The van der Waals surface area contributed by atoms with E-state index < -0.39 is 0 Å².